The lowest BCUT2D eigenvalue weighted by molar-refractivity contribution is -0.494. The minimum Gasteiger partial charge on any atom is -0.475 e. The van der Waals surface area contributed by atoms with Crippen LogP contribution in [0.1, 0.15) is 340 Å². The van der Waals surface area contributed by atoms with Crippen LogP contribution >= 0.6 is 0 Å². The molecule has 12 fully saturated rings. The predicted molar refractivity (Wildman–Crippen MR) is 452 cm³/mol. The molecule has 1 unspecified atom stereocenters. The second kappa shape index (κ2) is 30.0. The van der Waals surface area contributed by atoms with Crippen molar-refractivity contribution in [2.24, 2.45) is 152 Å². The summed E-state index contributed by atoms with van der Waals surface area (Å²) in [5.41, 5.74) is 2.19. The summed E-state index contributed by atoms with van der Waals surface area (Å²) < 4.78 is 17.6. The van der Waals surface area contributed by atoms with Gasteiger partial charge in [0.2, 0.25) is 18.1 Å². The van der Waals surface area contributed by atoms with Gasteiger partial charge in [-0.05, 0) is 302 Å². The molecule has 662 valence electrons. The van der Waals surface area contributed by atoms with Gasteiger partial charge >= 0.3 is 23.9 Å². The maximum Gasteiger partial charge on any atom is 0.373 e. The van der Waals surface area contributed by atoms with Crippen LogP contribution in [-0.4, -0.2) is 110 Å². The summed E-state index contributed by atoms with van der Waals surface area (Å²) >= 11 is 0. The van der Waals surface area contributed by atoms with E-state index in [9.17, 15) is 73.6 Å². The lowest BCUT2D eigenvalue weighted by Gasteiger charge is -2.72. The number of rotatable bonds is 14. The van der Waals surface area contributed by atoms with Crippen molar-refractivity contribution in [3.63, 3.8) is 0 Å². The Kier molecular flexibility index (Phi) is 22.9. The van der Waals surface area contributed by atoms with Crippen LogP contribution < -0.4 is 0 Å². The Morgan fingerprint density at radius 1 is 0.387 bits per heavy atom. The van der Waals surface area contributed by atoms with E-state index in [0.717, 1.165) is 168 Å². The molecule has 0 aromatic heterocycles. The second-order valence-corrected chi connectivity index (χ2v) is 46.9. The lowest BCUT2D eigenvalue weighted by Crippen LogP contribution is -2.66. The van der Waals surface area contributed by atoms with Gasteiger partial charge in [0.15, 0.2) is 17.3 Å². The molecule has 0 radical (unpaired) electrons. The number of allylic oxidation sites excluding steroid dienone is 5. The standard InChI is InChI=1S/C33H51NO6.C33H49NO6.C33H48O6/c2*1-19(2)27-22(36)17-33(25(37)18-34(38)39)16-15-31(7)21(28(27)33)9-10-24-30(6)13-12-26(40-20(3)35)29(4,5)23(30)11-14-32(24,31)8;1-18(2)25-21(35)17-33(27(36)28(37)38)16-15-31(7)20(26(25)33)9-10-23-30(6)13-12-24(39-19(3)34)29(4,5)22(30)11-14-32(23,31)8/h19,21,23-26,37H,9-18H2,1-8H3;19,21,23-24,26H,9-18H2,1-8H3;18,20,22-24H,9-17H2,1-8H3,(H,37,38)/t21-,23+,24-,25?,26+,30+,31-,32-,33+;21-,23+,24-,26+,30+,31-,32-,33+;20-,22+,23-,24+,30+,31-,32-,33-/m111/s1. The normalized spacial score (nSPS) is 44.5. The molecule has 0 aromatic rings. The first-order valence-electron chi connectivity index (χ1n) is 46.5. The third-order valence-electron chi connectivity index (χ3n) is 40.5. The summed E-state index contributed by atoms with van der Waals surface area (Å²) in [5.74, 6) is 0.0341. The molecule has 15 aliphatic rings. The van der Waals surface area contributed by atoms with E-state index < -0.39 is 57.0 Å². The first kappa shape index (κ1) is 90.9. The summed E-state index contributed by atoms with van der Waals surface area (Å²) in [6.07, 6.45) is 21.1. The van der Waals surface area contributed by atoms with Crippen LogP contribution in [0.2, 0.25) is 0 Å². The summed E-state index contributed by atoms with van der Waals surface area (Å²) in [7, 11) is 0. The molecule has 20 heteroatoms. The smallest absolute Gasteiger partial charge is 0.373 e. The van der Waals surface area contributed by atoms with Crippen molar-refractivity contribution in [3.8, 4) is 0 Å². The third-order valence-corrected chi connectivity index (χ3v) is 40.5. The van der Waals surface area contributed by atoms with E-state index >= 15 is 0 Å². The number of hydrogen-bond acceptors (Lipinski definition) is 17. The highest BCUT2D eigenvalue weighted by atomic mass is 16.6. The molecule has 2 N–H and O–H groups in total. The molecule has 25 atom stereocenters. The molecule has 119 heavy (non-hydrogen) atoms. The number of Topliss-reactive ketones (excluding diaryl/α,β-unsaturated/α-hetero) is 5. The fraction of sp³-hybridized carbons (Fsp3) is 0.848. The average Bonchev–Trinajstić information content (AvgIpc) is 1.67. The number of carboxylic acid groups (broad SMARTS) is 1. The fourth-order valence-corrected chi connectivity index (χ4v) is 34.9. The van der Waals surface area contributed by atoms with Gasteiger partial charge < -0.3 is 24.4 Å². The number of ether oxygens (including phenoxy) is 3. The molecule has 0 heterocycles. The maximum absolute atomic E-state index is 13.6. The molecule has 12 saturated carbocycles. The zero-order chi connectivity index (χ0) is 88.2. The molecule has 20 nitrogen and oxygen atoms in total. The van der Waals surface area contributed by atoms with Gasteiger partial charge in [-0.2, -0.15) is 0 Å². The minimum absolute atomic E-state index is 0.00464. The van der Waals surface area contributed by atoms with Gasteiger partial charge in [-0.1, -0.05) is 151 Å². The number of carboxylic acids is 1. The summed E-state index contributed by atoms with van der Waals surface area (Å²) in [6.45, 7) is 51.5. The van der Waals surface area contributed by atoms with Gasteiger partial charge in [0.25, 0.3) is 6.54 Å². The van der Waals surface area contributed by atoms with Crippen LogP contribution in [0.5, 0.6) is 0 Å². The molecule has 15 aliphatic carbocycles. The molecule has 0 amide bonds. The monoisotopic (exact) mass is 1650 g/mol. The minimum atomic E-state index is -1.41. The summed E-state index contributed by atoms with van der Waals surface area (Å²) in [4.78, 5) is 137. The van der Waals surface area contributed by atoms with Gasteiger partial charge in [-0.15, -0.1) is 0 Å². The number of fused-ring (bicyclic) bond motifs is 21. The Labute approximate surface area is 709 Å². The van der Waals surface area contributed by atoms with Crippen LogP contribution in [0.3, 0.4) is 0 Å². The van der Waals surface area contributed by atoms with Crippen LogP contribution in [0.25, 0.3) is 0 Å². The molecule has 0 aliphatic heterocycles. The number of hydrogen-bond donors (Lipinski definition) is 2. The van der Waals surface area contributed by atoms with Crippen LogP contribution in [0.4, 0.5) is 0 Å². The molecule has 0 bridgehead atoms. The van der Waals surface area contributed by atoms with Crippen molar-refractivity contribution in [3.05, 3.63) is 53.7 Å². The highest BCUT2D eigenvalue weighted by molar-refractivity contribution is 6.37. The molecule has 0 spiro atoms. The number of aliphatic hydroxyl groups excluding tert-OH is 1. The summed E-state index contributed by atoms with van der Waals surface area (Å²) in [6, 6.07) is 0. The molecular weight excluding hydrogens is 1510 g/mol. The zero-order valence-corrected chi connectivity index (χ0v) is 77.1. The number of esters is 3. The van der Waals surface area contributed by atoms with Gasteiger partial charge in [0.05, 0.1) is 10.8 Å². The number of aliphatic carboxylic acids is 1. The van der Waals surface area contributed by atoms with E-state index in [1.165, 1.54) is 20.8 Å². The fourth-order valence-electron chi connectivity index (χ4n) is 34.9. The van der Waals surface area contributed by atoms with Crippen LogP contribution in [-0.2, 0) is 57.4 Å². The SMILES string of the molecule is CC(=O)O[C@H]1CC[C@]2(C)[C@H]3CC[C@@H]4C5=C(C(C)C)C(=O)C[C@]5(C(=O)C(=O)O)CC[C@@]4(C)[C@]3(C)CC[C@H]2C1(C)C.CC(=O)O[C@H]1CC[C@]2(C)[C@H]3CC[C@@H]4C5=C(C(C)C)C(=O)C[C@]5(C(=O)C[N+](=O)[O-])CC[C@@]4(C)[C@]3(C)CC[C@H]2C1(C)C.CC(=O)O[C@H]1CC[C@]2(C)[C@H]3CC[C@@H]4C5=C(C(C)C)C(=O)C[C@]5(C(O)C[N+](=O)[O-])CC[C@@]4(C)[C@]3(C)CC[C@H]2C1(C)C. The number of aliphatic hydroxyl groups is 1. The number of carbonyl (C=O) groups excluding carboxylic acids is 8. The van der Waals surface area contributed by atoms with E-state index in [4.69, 9.17) is 14.2 Å². The largest absolute Gasteiger partial charge is 0.475 e. The van der Waals surface area contributed by atoms with Crippen molar-refractivity contribution < 1.29 is 77.4 Å². The van der Waals surface area contributed by atoms with E-state index in [0.29, 0.717) is 54.8 Å². The van der Waals surface area contributed by atoms with Gasteiger partial charge in [-0.25, -0.2) is 4.79 Å². The number of nitrogens with zero attached hydrogens (tertiary/aromatic N) is 2. The molecule has 0 aromatic carbocycles. The van der Waals surface area contributed by atoms with Gasteiger partial charge in [-0.3, -0.25) is 58.6 Å². The third kappa shape index (κ3) is 13.0. The van der Waals surface area contributed by atoms with Gasteiger partial charge in [0, 0.05) is 71.5 Å². The van der Waals surface area contributed by atoms with E-state index in [-0.39, 0.29) is 179 Å². The van der Waals surface area contributed by atoms with Crippen molar-refractivity contribution >= 4 is 52.8 Å². The van der Waals surface area contributed by atoms with E-state index in [1.54, 1.807) is 0 Å². The molecule has 15 rings (SSSR count). The summed E-state index contributed by atoms with van der Waals surface area (Å²) in [5, 5.41) is 44.2. The van der Waals surface area contributed by atoms with Crippen molar-refractivity contribution in [2.45, 2.75) is 364 Å². The van der Waals surface area contributed by atoms with Crippen LogP contribution in [0, 0.1) is 172 Å². The maximum atomic E-state index is 13.6. The Bertz CT molecular complexity index is 4340. The Hall–Kier alpha value is -5.79. The molecular formula is C99H148N2O18. The zero-order valence-electron chi connectivity index (χ0n) is 77.1. The van der Waals surface area contributed by atoms with Crippen molar-refractivity contribution in [2.75, 3.05) is 13.1 Å². The quantitative estimate of drug-likeness (QED) is 0.0536. The first-order chi connectivity index (χ1) is 54.9. The Morgan fingerprint density at radius 3 is 1.03 bits per heavy atom. The second-order valence-electron chi connectivity index (χ2n) is 46.9. The highest BCUT2D eigenvalue weighted by Gasteiger charge is 2.76. The van der Waals surface area contributed by atoms with Crippen molar-refractivity contribution in [1.82, 2.24) is 0 Å². The molecule has 0 saturated heterocycles. The van der Waals surface area contributed by atoms with E-state index in [1.807, 2.05) is 27.7 Å². The first-order valence-corrected chi connectivity index (χ1v) is 46.5. The number of ketones is 5. The Balaban J connectivity index is 0.000000155. The highest BCUT2D eigenvalue weighted by Crippen LogP contribution is 2.82. The number of carbonyl (C=O) groups is 9. The van der Waals surface area contributed by atoms with Crippen molar-refractivity contribution in [1.29, 1.82) is 0 Å². The predicted octanol–water partition coefficient (Wildman–Crippen LogP) is 19.8. The topological polar surface area (TPSA) is 308 Å². The average molecular weight is 1650 g/mol. The number of nitro groups is 2. The Morgan fingerprint density at radius 2 is 0.697 bits per heavy atom. The van der Waals surface area contributed by atoms with Crippen LogP contribution in [0.15, 0.2) is 33.4 Å². The van der Waals surface area contributed by atoms with Gasteiger partial charge in [0.1, 0.15) is 24.4 Å². The van der Waals surface area contributed by atoms with E-state index in [2.05, 4.69) is 118 Å². The lowest BCUT2D eigenvalue weighted by atomic mass is 9.33.